The average Bonchev–Trinajstić information content (AvgIpc) is 2.91. The van der Waals surface area contributed by atoms with Crippen molar-refractivity contribution in [3.05, 3.63) is 65.9 Å². The van der Waals surface area contributed by atoms with Crippen LogP contribution < -0.4 is 5.32 Å². The third-order valence-corrected chi connectivity index (χ3v) is 3.24. The molecule has 0 saturated carbocycles. The highest BCUT2D eigenvalue weighted by atomic mass is 16.3. The van der Waals surface area contributed by atoms with Crippen LogP contribution in [0.5, 0.6) is 0 Å². The fourth-order valence-corrected chi connectivity index (χ4v) is 2.16. The van der Waals surface area contributed by atoms with Crippen LogP contribution in [0.2, 0.25) is 0 Å². The van der Waals surface area contributed by atoms with Gasteiger partial charge in [-0.3, -0.25) is 4.79 Å². The number of hydrogen-bond acceptors (Lipinski definition) is 2. The molecule has 0 bridgehead atoms. The van der Waals surface area contributed by atoms with Gasteiger partial charge < -0.3 is 9.73 Å². The number of nitrogens with one attached hydrogen (secondary N) is 1. The van der Waals surface area contributed by atoms with E-state index in [2.05, 4.69) is 12.2 Å². The van der Waals surface area contributed by atoms with Crippen molar-refractivity contribution in [3.63, 3.8) is 0 Å². The molecule has 2 aromatic carbocycles. The van der Waals surface area contributed by atoms with Crippen molar-refractivity contribution in [1.29, 1.82) is 0 Å². The molecule has 0 aliphatic rings. The van der Waals surface area contributed by atoms with Crippen molar-refractivity contribution in [2.45, 2.75) is 13.3 Å². The summed E-state index contributed by atoms with van der Waals surface area (Å²) in [7, 11) is 0. The number of rotatable bonds is 3. The topological polar surface area (TPSA) is 42.2 Å². The van der Waals surface area contributed by atoms with Crippen LogP contribution in [0.1, 0.15) is 23.0 Å². The van der Waals surface area contributed by atoms with E-state index in [-0.39, 0.29) is 5.91 Å². The molecule has 0 atom stereocenters. The summed E-state index contributed by atoms with van der Waals surface area (Å²) in [6, 6.07) is 17.2. The molecule has 0 fully saturated rings. The minimum atomic E-state index is -0.227. The predicted octanol–water partition coefficient (Wildman–Crippen LogP) is 4.25. The summed E-state index contributed by atoms with van der Waals surface area (Å²) in [6.45, 7) is 2.08. The van der Waals surface area contributed by atoms with E-state index in [0.717, 1.165) is 23.1 Å². The number of aryl methyl sites for hydroxylation is 1. The zero-order valence-electron chi connectivity index (χ0n) is 11.2. The molecular weight excluding hydrogens is 250 g/mol. The molecule has 1 amide bonds. The van der Waals surface area contributed by atoms with Crippen molar-refractivity contribution in [3.8, 4) is 0 Å². The molecule has 3 nitrogen and oxygen atoms in total. The standard InChI is InChI=1S/C17H15NO2/c1-2-12-6-5-8-14(10-12)18-17(19)16-11-13-7-3-4-9-15(13)20-16/h3-11H,2H2,1H3,(H,18,19). The maximum absolute atomic E-state index is 12.2. The van der Waals surface area contributed by atoms with E-state index in [0.29, 0.717) is 5.76 Å². The first-order chi connectivity index (χ1) is 9.76. The van der Waals surface area contributed by atoms with E-state index in [4.69, 9.17) is 4.42 Å². The van der Waals surface area contributed by atoms with Gasteiger partial charge in [0.25, 0.3) is 5.91 Å². The Kier molecular flexibility index (Phi) is 3.25. The quantitative estimate of drug-likeness (QED) is 0.769. The van der Waals surface area contributed by atoms with Crippen molar-refractivity contribution < 1.29 is 9.21 Å². The van der Waals surface area contributed by atoms with Crippen LogP contribution in [0.3, 0.4) is 0 Å². The van der Waals surface area contributed by atoms with Gasteiger partial charge in [-0.2, -0.15) is 0 Å². The average molecular weight is 265 g/mol. The number of fused-ring (bicyclic) bond motifs is 1. The summed E-state index contributed by atoms with van der Waals surface area (Å²) in [5.41, 5.74) is 2.70. The van der Waals surface area contributed by atoms with Gasteiger partial charge in [-0.15, -0.1) is 0 Å². The highest BCUT2D eigenvalue weighted by molar-refractivity contribution is 6.04. The van der Waals surface area contributed by atoms with E-state index in [1.54, 1.807) is 6.07 Å². The highest BCUT2D eigenvalue weighted by Gasteiger charge is 2.12. The molecule has 0 spiro atoms. The Labute approximate surface area is 117 Å². The van der Waals surface area contributed by atoms with Gasteiger partial charge in [0.15, 0.2) is 5.76 Å². The van der Waals surface area contributed by atoms with E-state index in [9.17, 15) is 4.79 Å². The molecule has 1 heterocycles. The van der Waals surface area contributed by atoms with Gasteiger partial charge in [-0.25, -0.2) is 0 Å². The molecule has 20 heavy (non-hydrogen) atoms. The van der Waals surface area contributed by atoms with E-state index < -0.39 is 0 Å². The Morgan fingerprint density at radius 3 is 2.75 bits per heavy atom. The first kappa shape index (κ1) is 12.5. The van der Waals surface area contributed by atoms with Gasteiger partial charge in [0.2, 0.25) is 0 Å². The molecular formula is C17H15NO2. The number of carbonyl (C=O) groups excluding carboxylic acids is 1. The van der Waals surface area contributed by atoms with Gasteiger partial charge in [-0.05, 0) is 36.2 Å². The van der Waals surface area contributed by atoms with Crippen molar-refractivity contribution in [2.24, 2.45) is 0 Å². The van der Waals surface area contributed by atoms with Crippen LogP contribution in [0.4, 0.5) is 5.69 Å². The van der Waals surface area contributed by atoms with Crippen LogP contribution in [-0.4, -0.2) is 5.91 Å². The lowest BCUT2D eigenvalue weighted by Crippen LogP contribution is -2.10. The molecule has 0 saturated heterocycles. The van der Waals surface area contributed by atoms with Crippen LogP contribution in [-0.2, 0) is 6.42 Å². The smallest absolute Gasteiger partial charge is 0.291 e. The number of hydrogen-bond donors (Lipinski definition) is 1. The lowest BCUT2D eigenvalue weighted by Gasteiger charge is -2.04. The molecule has 0 aliphatic heterocycles. The molecule has 3 aromatic rings. The largest absolute Gasteiger partial charge is 0.451 e. The molecule has 1 aromatic heterocycles. The number of amides is 1. The molecule has 0 aliphatic carbocycles. The van der Waals surface area contributed by atoms with Gasteiger partial charge in [0, 0.05) is 11.1 Å². The van der Waals surface area contributed by atoms with Gasteiger partial charge in [0.05, 0.1) is 0 Å². The Morgan fingerprint density at radius 2 is 1.95 bits per heavy atom. The van der Waals surface area contributed by atoms with Crippen molar-refractivity contribution >= 4 is 22.6 Å². The Morgan fingerprint density at radius 1 is 1.10 bits per heavy atom. The number of anilines is 1. The lowest BCUT2D eigenvalue weighted by molar-refractivity contribution is 0.0998. The summed E-state index contributed by atoms with van der Waals surface area (Å²) in [5.74, 6) is 0.0996. The molecule has 3 heteroatoms. The maximum Gasteiger partial charge on any atom is 0.291 e. The first-order valence-electron chi connectivity index (χ1n) is 6.65. The third-order valence-electron chi connectivity index (χ3n) is 3.24. The minimum Gasteiger partial charge on any atom is -0.451 e. The summed E-state index contributed by atoms with van der Waals surface area (Å²) >= 11 is 0. The van der Waals surface area contributed by atoms with Gasteiger partial charge in [0.1, 0.15) is 5.58 Å². The number of para-hydroxylation sites is 1. The zero-order chi connectivity index (χ0) is 13.9. The maximum atomic E-state index is 12.2. The molecule has 0 radical (unpaired) electrons. The Balaban J connectivity index is 1.85. The Bertz CT molecular complexity index is 725. The number of benzene rings is 2. The van der Waals surface area contributed by atoms with Crippen molar-refractivity contribution in [2.75, 3.05) is 5.32 Å². The van der Waals surface area contributed by atoms with Crippen LogP contribution in [0.25, 0.3) is 11.0 Å². The second kappa shape index (κ2) is 5.21. The van der Waals surface area contributed by atoms with Crippen LogP contribution in [0.15, 0.2) is 59.0 Å². The minimum absolute atomic E-state index is 0.227. The number of carbonyl (C=O) groups is 1. The third kappa shape index (κ3) is 2.43. The fraction of sp³-hybridized carbons (Fsp3) is 0.118. The fourth-order valence-electron chi connectivity index (χ4n) is 2.16. The van der Waals surface area contributed by atoms with E-state index >= 15 is 0 Å². The van der Waals surface area contributed by atoms with Crippen LogP contribution >= 0.6 is 0 Å². The van der Waals surface area contributed by atoms with Crippen LogP contribution in [0, 0.1) is 0 Å². The second-order valence-corrected chi connectivity index (χ2v) is 4.66. The monoisotopic (exact) mass is 265 g/mol. The lowest BCUT2D eigenvalue weighted by atomic mass is 10.1. The second-order valence-electron chi connectivity index (χ2n) is 4.66. The van der Waals surface area contributed by atoms with E-state index in [1.165, 1.54) is 5.56 Å². The van der Waals surface area contributed by atoms with Crippen molar-refractivity contribution in [1.82, 2.24) is 0 Å². The Hall–Kier alpha value is -2.55. The molecule has 3 rings (SSSR count). The van der Waals surface area contributed by atoms with Gasteiger partial charge >= 0.3 is 0 Å². The normalized spacial score (nSPS) is 10.7. The van der Waals surface area contributed by atoms with E-state index in [1.807, 2.05) is 48.5 Å². The SMILES string of the molecule is CCc1cccc(NC(=O)c2cc3ccccc3o2)c1. The first-order valence-corrected chi connectivity index (χ1v) is 6.65. The summed E-state index contributed by atoms with van der Waals surface area (Å²) in [4.78, 5) is 12.2. The number of furan rings is 1. The summed E-state index contributed by atoms with van der Waals surface area (Å²) in [6.07, 6.45) is 0.939. The summed E-state index contributed by atoms with van der Waals surface area (Å²) < 4.78 is 5.55. The molecule has 1 N–H and O–H groups in total. The molecule has 100 valence electrons. The zero-order valence-corrected chi connectivity index (χ0v) is 11.2. The molecule has 0 unspecified atom stereocenters. The predicted molar refractivity (Wildman–Crippen MR) is 80.0 cm³/mol. The summed E-state index contributed by atoms with van der Waals surface area (Å²) in [5, 5.41) is 3.79. The van der Waals surface area contributed by atoms with Gasteiger partial charge in [-0.1, -0.05) is 37.3 Å². The highest BCUT2D eigenvalue weighted by Crippen LogP contribution is 2.20.